The molecule has 0 aliphatic heterocycles. The van der Waals surface area contributed by atoms with Crippen LogP contribution in [0, 0.1) is 6.92 Å². The maximum Gasteiger partial charge on any atom is 0.268 e. The second-order valence-corrected chi connectivity index (χ2v) is 8.08. The molecule has 3 nitrogen and oxygen atoms in total. The summed E-state index contributed by atoms with van der Waals surface area (Å²) in [4.78, 5) is 16.0. The average Bonchev–Trinajstić information content (AvgIpc) is 3.07. The number of hydrogen-bond acceptors (Lipinski definition) is 5. The van der Waals surface area contributed by atoms with Gasteiger partial charge < -0.3 is 5.11 Å². The van der Waals surface area contributed by atoms with Crippen LogP contribution in [0.5, 0.6) is 0 Å². The topological polar surface area (TPSA) is 49.3 Å². The molecule has 2 aromatic rings. The lowest BCUT2D eigenvalue weighted by Gasteiger charge is -2.30. The Balaban J connectivity index is 2.07. The van der Waals surface area contributed by atoms with E-state index < -0.39 is 23.9 Å². The molecule has 0 bridgehead atoms. The molecule has 0 saturated carbocycles. The summed E-state index contributed by atoms with van der Waals surface area (Å²) in [5, 5.41) is 12.6. The number of rotatable bonds is 7. The lowest BCUT2D eigenvalue weighted by atomic mass is 9.94. The molecule has 2 heterocycles. The number of halogens is 2. The highest BCUT2D eigenvalue weighted by molar-refractivity contribution is 7.22. The number of nitrogens with one attached hydrogen (secondary N) is 1. The lowest BCUT2D eigenvalue weighted by Crippen LogP contribution is -2.56. The second-order valence-electron chi connectivity index (χ2n) is 5.63. The molecule has 7 heteroatoms. The summed E-state index contributed by atoms with van der Waals surface area (Å²) >= 11 is 3.23. The van der Waals surface area contributed by atoms with Gasteiger partial charge in [0.1, 0.15) is 17.4 Å². The Morgan fingerprint density at radius 1 is 1.26 bits per heavy atom. The molecular weight excluding hydrogens is 340 g/mol. The minimum Gasteiger partial charge on any atom is -0.382 e. The van der Waals surface area contributed by atoms with Crippen molar-refractivity contribution < 1.29 is 18.7 Å². The molecule has 0 spiro atoms. The van der Waals surface area contributed by atoms with Crippen molar-refractivity contribution in [2.24, 2.45) is 0 Å². The molecular formula is C16H19F2NO2S2. The zero-order valence-electron chi connectivity index (χ0n) is 13.1. The van der Waals surface area contributed by atoms with E-state index in [0.29, 0.717) is 0 Å². The van der Waals surface area contributed by atoms with Crippen LogP contribution in [0.2, 0.25) is 0 Å². The van der Waals surface area contributed by atoms with E-state index in [9.17, 15) is 18.7 Å². The summed E-state index contributed by atoms with van der Waals surface area (Å²) in [5.41, 5.74) is -2.39. The van der Waals surface area contributed by atoms with E-state index in [1.54, 1.807) is 11.3 Å². The number of Topliss-reactive ketones (excluding diaryl/α,β-unsaturated/α-hetero) is 1. The molecule has 0 aliphatic carbocycles. The minimum atomic E-state index is -3.00. The molecule has 23 heavy (non-hydrogen) atoms. The molecule has 0 aromatic carbocycles. The molecule has 0 radical (unpaired) electrons. The number of aliphatic hydroxyl groups is 1. The zero-order valence-corrected chi connectivity index (χ0v) is 14.7. The SMILES string of the molecule is CC(=O)[C@@H](NCc1ccc(-c2ccc(C)s2)s1)[C@](C)(O)C(F)F. The van der Waals surface area contributed by atoms with Crippen LogP contribution in [-0.4, -0.2) is 29.0 Å². The van der Waals surface area contributed by atoms with Gasteiger partial charge in [-0.05, 0) is 45.0 Å². The van der Waals surface area contributed by atoms with Gasteiger partial charge in [0.25, 0.3) is 6.43 Å². The number of aryl methyl sites for hydroxylation is 1. The van der Waals surface area contributed by atoms with Gasteiger partial charge in [-0.3, -0.25) is 10.1 Å². The fourth-order valence-corrected chi connectivity index (χ4v) is 4.18. The van der Waals surface area contributed by atoms with E-state index in [0.717, 1.165) is 21.6 Å². The van der Waals surface area contributed by atoms with Gasteiger partial charge in [0, 0.05) is 26.1 Å². The first-order valence-corrected chi connectivity index (χ1v) is 8.75. The van der Waals surface area contributed by atoms with Crippen LogP contribution >= 0.6 is 22.7 Å². The Labute approximate surface area is 142 Å². The number of carbonyl (C=O) groups excluding carboxylic acids is 1. The number of ketones is 1. The van der Waals surface area contributed by atoms with Gasteiger partial charge in [-0.25, -0.2) is 8.78 Å². The van der Waals surface area contributed by atoms with E-state index in [4.69, 9.17) is 0 Å². The third kappa shape index (κ3) is 4.23. The van der Waals surface area contributed by atoms with Gasteiger partial charge in [-0.1, -0.05) is 0 Å². The fraction of sp³-hybridized carbons (Fsp3) is 0.438. The standard InChI is InChI=1S/C16H19F2NO2S2/c1-9-4-6-12(22-9)13-7-5-11(23-13)8-19-14(10(2)20)16(3,21)15(17)18/h4-7,14-15,19,21H,8H2,1-3H3/t14-,16+/m1/s1. The maximum atomic E-state index is 12.9. The Kier molecular flexibility index (Phi) is 5.67. The molecule has 2 N–H and O–H groups in total. The molecule has 2 rings (SSSR count). The Morgan fingerprint density at radius 2 is 1.87 bits per heavy atom. The Hall–Kier alpha value is -1.15. The van der Waals surface area contributed by atoms with Crippen LogP contribution in [-0.2, 0) is 11.3 Å². The van der Waals surface area contributed by atoms with E-state index in [1.807, 2.05) is 31.2 Å². The third-order valence-electron chi connectivity index (χ3n) is 3.56. The average molecular weight is 359 g/mol. The van der Waals surface area contributed by atoms with Crippen LogP contribution in [0.1, 0.15) is 23.6 Å². The number of thiophene rings is 2. The van der Waals surface area contributed by atoms with E-state index in [2.05, 4.69) is 5.32 Å². The van der Waals surface area contributed by atoms with E-state index in [-0.39, 0.29) is 6.54 Å². The molecule has 0 fully saturated rings. The van der Waals surface area contributed by atoms with E-state index >= 15 is 0 Å². The van der Waals surface area contributed by atoms with Crippen molar-refractivity contribution >= 4 is 28.5 Å². The van der Waals surface area contributed by atoms with Crippen LogP contribution in [0.3, 0.4) is 0 Å². The van der Waals surface area contributed by atoms with Gasteiger partial charge >= 0.3 is 0 Å². The zero-order chi connectivity index (χ0) is 17.2. The van der Waals surface area contributed by atoms with Crippen LogP contribution in [0.4, 0.5) is 8.78 Å². The van der Waals surface area contributed by atoms with Gasteiger partial charge in [-0.2, -0.15) is 0 Å². The molecule has 0 unspecified atom stereocenters. The van der Waals surface area contributed by atoms with Crippen LogP contribution < -0.4 is 5.32 Å². The quantitative estimate of drug-likeness (QED) is 0.789. The fourth-order valence-electron chi connectivity index (χ4n) is 2.26. The first-order valence-electron chi connectivity index (χ1n) is 7.11. The third-order valence-corrected chi connectivity index (χ3v) is 5.84. The van der Waals surface area contributed by atoms with E-state index in [1.165, 1.54) is 23.1 Å². The smallest absolute Gasteiger partial charge is 0.268 e. The summed E-state index contributed by atoms with van der Waals surface area (Å²) in [6.45, 7) is 4.46. The predicted octanol–water partition coefficient (Wildman–Crippen LogP) is 3.85. The Bertz CT molecular complexity index is 679. The van der Waals surface area contributed by atoms with Gasteiger partial charge in [0.05, 0.1) is 0 Å². The van der Waals surface area contributed by atoms with Crippen LogP contribution in [0.25, 0.3) is 9.75 Å². The highest BCUT2D eigenvalue weighted by Gasteiger charge is 2.43. The van der Waals surface area contributed by atoms with Crippen molar-refractivity contribution in [1.29, 1.82) is 0 Å². The van der Waals surface area contributed by atoms with Gasteiger partial charge in [0.2, 0.25) is 0 Å². The van der Waals surface area contributed by atoms with Crippen molar-refractivity contribution in [3.63, 3.8) is 0 Å². The molecule has 126 valence electrons. The first kappa shape index (κ1) is 18.2. The predicted molar refractivity (Wildman–Crippen MR) is 90.3 cm³/mol. The summed E-state index contributed by atoms with van der Waals surface area (Å²) in [5.74, 6) is -0.513. The first-order chi connectivity index (χ1) is 10.7. The van der Waals surface area contributed by atoms with Gasteiger partial charge in [0.15, 0.2) is 0 Å². The monoisotopic (exact) mass is 359 g/mol. The summed E-state index contributed by atoms with van der Waals surface area (Å²) in [6.07, 6.45) is -3.00. The molecule has 2 aromatic heterocycles. The Morgan fingerprint density at radius 3 is 2.39 bits per heavy atom. The maximum absolute atomic E-state index is 12.9. The number of hydrogen-bond donors (Lipinski definition) is 2. The summed E-state index contributed by atoms with van der Waals surface area (Å²) in [6, 6.07) is 6.65. The molecule has 2 atom stereocenters. The van der Waals surface area contributed by atoms with Gasteiger partial charge in [-0.15, -0.1) is 22.7 Å². The minimum absolute atomic E-state index is 0.252. The van der Waals surface area contributed by atoms with Crippen molar-refractivity contribution in [1.82, 2.24) is 5.32 Å². The highest BCUT2D eigenvalue weighted by Crippen LogP contribution is 2.33. The summed E-state index contributed by atoms with van der Waals surface area (Å²) in [7, 11) is 0. The van der Waals surface area contributed by atoms with Crippen molar-refractivity contribution in [3.8, 4) is 9.75 Å². The van der Waals surface area contributed by atoms with Crippen LogP contribution in [0.15, 0.2) is 24.3 Å². The van der Waals surface area contributed by atoms with Crippen molar-refractivity contribution in [3.05, 3.63) is 34.0 Å². The molecule has 0 aliphatic rings. The molecule has 0 saturated heterocycles. The second kappa shape index (κ2) is 7.17. The normalized spacial score (nSPS) is 15.6. The summed E-state index contributed by atoms with van der Waals surface area (Å²) < 4.78 is 25.9. The van der Waals surface area contributed by atoms with Crippen molar-refractivity contribution in [2.45, 2.75) is 45.4 Å². The lowest BCUT2D eigenvalue weighted by molar-refractivity contribution is -0.139. The highest BCUT2D eigenvalue weighted by atomic mass is 32.1. The number of alkyl halides is 2. The molecule has 0 amide bonds. The van der Waals surface area contributed by atoms with Crippen molar-refractivity contribution in [2.75, 3.05) is 0 Å². The largest absolute Gasteiger partial charge is 0.382 e. The number of carbonyl (C=O) groups is 1.